The van der Waals surface area contributed by atoms with Gasteiger partial charge in [0.2, 0.25) is 5.91 Å². The minimum Gasteiger partial charge on any atom is -0.386 e. The van der Waals surface area contributed by atoms with Crippen LogP contribution in [0.25, 0.3) is 0 Å². The number of hydrogen-bond acceptors (Lipinski definition) is 5. The molecule has 0 saturated carbocycles. The number of pyridine rings is 1. The van der Waals surface area contributed by atoms with E-state index < -0.39 is 5.60 Å². The zero-order chi connectivity index (χ0) is 15.3. The van der Waals surface area contributed by atoms with E-state index in [0.29, 0.717) is 31.9 Å². The van der Waals surface area contributed by atoms with Crippen molar-refractivity contribution in [2.45, 2.75) is 18.6 Å². The van der Waals surface area contributed by atoms with Gasteiger partial charge in [-0.25, -0.2) is 4.39 Å². The van der Waals surface area contributed by atoms with Crippen LogP contribution in [0.4, 0.5) is 4.39 Å². The van der Waals surface area contributed by atoms with Gasteiger partial charge in [-0.15, -0.1) is 0 Å². The maximum atomic E-state index is 12.9. The average Bonchev–Trinajstić information content (AvgIpc) is 2.63. The summed E-state index contributed by atoms with van der Waals surface area (Å²) in [5.41, 5.74) is -0.517. The molecular weight excluding hydrogens is 277 g/mol. The van der Waals surface area contributed by atoms with Crippen molar-refractivity contribution in [3.8, 4) is 0 Å². The summed E-state index contributed by atoms with van der Waals surface area (Å²) in [4.78, 5) is 17.5. The molecule has 0 unspecified atom stereocenters. The summed E-state index contributed by atoms with van der Waals surface area (Å²) < 4.78 is 18.2. The van der Waals surface area contributed by atoms with Gasteiger partial charge in [0.25, 0.3) is 0 Å². The van der Waals surface area contributed by atoms with E-state index >= 15 is 0 Å². The number of aromatic nitrogens is 1. The number of ether oxygens (including phenoxy) is 1. The zero-order valence-electron chi connectivity index (χ0n) is 12.0. The van der Waals surface area contributed by atoms with Gasteiger partial charge in [0.05, 0.1) is 31.5 Å². The number of hydrogen-bond donors (Lipinski definition) is 2. The molecule has 0 spiro atoms. The van der Waals surface area contributed by atoms with Crippen molar-refractivity contribution in [2.24, 2.45) is 0 Å². The van der Waals surface area contributed by atoms with Gasteiger partial charge in [0.1, 0.15) is 11.4 Å². The van der Waals surface area contributed by atoms with E-state index in [-0.39, 0.29) is 24.8 Å². The Morgan fingerprint density at radius 2 is 2.43 bits per heavy atom. The van der Waals surface area contributed by atoms with Crippen molar-refractivity contribution >= 4 is 5.91 Å². The number of halogens is 1. The third-order valence-corrected chi connectivity index (χ3v) is 3.38. The molecule has 1 amide bonds. The summed E-state index contributed by atoms with van der Waals surface area (Å²) in [5.74, 6) is -0.614. The van der Waals surface area contributed by atoms with Crippen LogP contribution in [-0.2, 0) is 16.1 Å². The number of nitrogens with zero attached hydrogens (tertiary/aromatic N) is 2. The quantitative estimate of drug-likeness (QED) is 0.813. The lowest BCUT2D eigenvalue weighted by Gasteiger charge is -2.29. The number of β-amino-alcohol motifs (C(OH)–C–C–N with tert-alkyl or cyclic N) is 1. The van der Waals surface area contributed by atoms with E-state index in [1.807, 2.05) is 4.90 Å². The number of carbonyl (C=O) groups excluding carboxylic acids is 1. The minimum atomic E-state index is -1.23. The largest absolute Gasteiger partial charge is 0.386 e. The maximum Gasteiger partial charge on any atom is 0.222 e. The third kappa shape index (κ3) is 4.73. The summed E-state index contributed by atoms with van der Waals surface area (Å²) in [6.45, 7) is 1.99. The van der Waals surface area contributed by atoms with Crippen molar-refractivity contribution in [3.63, 3.8) is 0 Å². The van der Waals surface area contributed by atoms with Gasteiger partial charge in [0, 0.05) is 26.7 Å². The van der Waals surface area contributed by atoms with E-state index in [4.69, 9.17) is 4.74 Å². The molecule has 2 N–H and O–H groups in total. The Hall–Kier alpha value is -1.57. The van der Waals surface area contributed by atoms with E-state index in [1.165, 1.54) is 19.3 Å². The van der Waals surface area contributed by atoms with E-state index in [0.717, 1.165) is 0 Å². The second-order valence-electron chi connectivity index (χ2n) is 5.31. The number of nitrogens with one attached hydrogen (secondary N) is 1. The van der Waals surface area contributed by atoms with E-state index in [9.17, 15) is 14.3 Å². The van der Waals surface area contributed by atoms with Gasteiger partial charge < -0.3 is 15.2 Å². The lowest BCUT2D eigenvalue weighted by atomic mass is 9.99. The number of carbonyl (C=O) groups is 1. The highest BCUT2D eigenvalue weighted by Gasteiger charge is 2.34. The molecule has 0 radical (unpaired) electrons. The monoisotopic (exact) mass is 297 g/mol. The van der Waals surface area contributed by atoms with Crippen molar-refractivity contribution in [2.75, 3.05) is 33.4 Å². The summed E-state index contributed by atoms with van der Waals surface area (Å²) in [6, 6.07) is 2.96. The van der Waals surface area contributed by atoms with Gasteiger partial charge in [-0.1, -0.05) is 0 Å². The normalized spacial score (nSPS) is 23.6. The molecule has 116 valence electrons. The standard InChI is InChI=1S/C14H20FN3O3/c1-16-13(19)6-14(20)9-18(4-5-21-10-14)8-12-3-2-11(15)7-17-12/h2-3,7,20H,4-6,8-10H2,1H3,(H,16,19)/t14-/m1/s1. The minimum absolute atomic E-state index is 0.0170. The van der Waals surface area contributed by atoms with Crippen molar-refractivity contribution in [1.82, 2.24) is 15.2 Å². The Morgan fingerprint density at radius 1 is 1.62 bits per heavy atom. The number of amides is 1. The van der Waals surface area contributed by atoms with Crippen LogP contribution in [0.2, 0.25) is 0 Å². The lowest BCUT2D eigenvalue weighted by molar-refractivity contribution is -0.128. The number of aliphatic hydroxyl groups is 1. The SMILES string of the molecule is CNC(=O)C[C@]1(O)COCCN(Cc2ccc(F)cn2)C1. The molecule has 1 aromatic rings. The first kappa shape index (κ1) is 15.8. The van der Waals surface area contributed by atoms with Crippen LogP contribution in [0.1, 0.15) is 12.1 Å². The Labute approximate surface area is 122 Å². The highest BCUT2D eigenvalue weighted by molar-refractivity contribution is 5.76. The fourth-order valence-corrected chi connectivity index (χ4v) is 2.35. The highest BCUT2D eigenvalue weighted by atomic mass is 19.1. The summed E-state index contributed by atoms with van der Waals surface area (Å²) >= 11 is 0. The van der Waals surface area contributed by atoms with E-state index in [1.54, 1.807) is 6.07 Å². The van der Waals surface area contributed by atoms with Crippen LogP contribution in [0.15, 0.2) is 18.3 Å². The Kier molecular flexibility index (Phi) is 5.22. The maximum absolute atomic E-state index is 12.9. The Morgan fingerprint density at radius 3 is 3.10 bits per heavy atom. The molecule has 0 aliphatic carbocycles. The number of rotatable bonds is 4. The van der Waals surface area contributed by atoms with Crippen molar-refractivity contribution in [1.29, 1.82) is 0 Å². The highest BCUT2D eigenvalue weighted by Crippen LogP contribution is 2.18. The van der Waals surface area contributed by atoms with Crippen LogP contribution >= 0.6 is 0 Å². The summed E-state index contributed by atoms with van der Waals surface area (Å²) in [5, 5.41) is 13.0. The lowest BCUT2D eigenvalue weighted by Crippen LogP contribution is -2.47. The molecule has 6 nitrogen and oxygen atoms in total. The molecule has 1 aliphatic heterocycles. The molecule has 1 aromatic heterocycles. The third-order valence-electron chi connectivity index (χ3n) is 3.38. The molecule has 0 aromatic carbocycles. The van der Waals surface area contributed by atoms with Crippen LogP contribution in [0, 0.1) is 5.82 Å². The first-order valence-corrected chi connectivity index (χ1v) is 6.84. The predicted molar refractivity (Wildman–Crippen MR) is 73.9 cm³/mol. The van der Waals surface area contributed by atoms with Crippen LogP contribution in [0.5, 0.6) is 0 Å². The molecule has 1 atom stereocenters. The first-order chi connectivity index (χ1) is 10.0. The van der Waals surface area contributed by atoms with Gasteiger partial charge in [-0.3, -0.25) is 14.7 Å². The van der Waals surface area contributed by atoms with Crippen molar-refractivity contribution in [3.05, 3.63) is 29.8 Å². The molecular formula is C14H20FN3O3. The molecule has 1 fully saturated rings. The average molecular weight is 297 g/mol. The van der Waals surface area contributed by atoms with Gasteiger partial charge in [0.15, 0.2) is 0 Å². The van der Waals surface area contributed by atoms with Crippen molar-refractivity contribution < 1.29 is 19.0 Å². The summed E-state index contributed by atoms with van der Waals surface area (Å²) in [6.07, 6.45) is 1.15. The van der Waals surface area contributed by atoms with Crippen LogP contribution in [-0.4, -0.2) is 59.8 Å². The predicted octanol–water partition coefficient (Wildman–Crippen LogP) is -0.0799. The Bertz CT molecular complexity index is 483. The molecule has 0 bridgehead atoms. The summed E-state index contributed by atoms with van der Waals surface area (Å²) in [7, 11) is 1.53. The topological polar surface area (TPSA) is 74.7 Å². The molecule has 21 heavy (non-hydrogen) atoms. The molecule has 2 heterocycles. The molecule has 1 aliphatic rings. The van der Waals surface area contributed by atoms with Crippen LogP contribution in [0.3, 0.4) is 0 Å². The van der Waals surface area contributed by atoms with E-state index in [2.05, 4.69) is 10.3 Å². The van der Waals surface area contributed by atoms with Gasteiger partial charge in [-0.2, -0.15) is 0 Å². The second-order valence-corrected chi connectivity index (χ2v) is 5.31. The fraction of sp³-hybridized carbons (Fsp3) is 0.571. The smallest absolute Gasteiger partial charge is 0.222 e. The fourth-order valence-electron chi connectivity index (χ4n) is 2.35. The molecule has 1 saturated heterocycles. The van der Waals surface area contributed by atoms with Gasteiger partial charge >= 0.3 is 0 Å². The van der Waals surface area contributed by atoms with Crippen LogP contribution < -0.4 is 5.32 Å². The second kappa shape index (κ2) is 6.93. The van der Waals surface area contributed by atoms with Gasteiger partial charge in [-0.05, 0) is 12.1 Å². The zero-order valence-corrected chi connectivity index (χ0v) is 12.0. The first-order valence-electron chi connectivity index (χ1n) is 6.84. The molecule has 2 rings (SSSR count). The Balaban J connectivity index is 2.02. The molecule has 7 heteroatoms.